The molecule has 0 aromatic heterocycles. The lowest BCUT2D eigenvalue weighted by atomic mass is 9.99. The van der Waals surface area contributed by atoms with Crippen molar-refractivity contribution in [2.24, 2.45) is 0 Å². The molecule has 0 radical (unpaired) electrons. The number of hydrogen-bond donors (Lipinski definition) is 0. The molecule has 0 nitrogen and oxygen atoms in total. The average Bonchev–Trinajstić information content (AvgIpc) is 2.28. The van der Waals surface area contributed by atoms with Crippen LogP contribution in [0.3, 0.4) is 0 Å². The number of allylic oxidation sites excluding steroid dienone is 1. The van der Waals surface area contributed by atoms with Crippen LogP contribution in [0, 0.1) is 0 Å². The molecule has 0 aliphatic heterocycles. The average molecular weight is 320 g/mol. The third kappa shape index (κ3) is 2.19. The summed E-state index contributed by atoms with van der Waals surface area (Å²) in [4.78, 5) is 0. The highest BCUT2D eigenvalue weighted by atomic mass is 127. The zero-order valence-corrected chi connectivity index (χ0v) is 11.4. The first kappa shape index (κ1) is 11.4. The highest BCUT2D eigenvalue weighted by Crippen LogP contribution is 2.26. The Hall–Kier alpha value is -1.09. The predicted molar refractivity (Wildman–Crippen MR) is 81.7 cm³/mol. The molecule has 0 saturated heterocycles. The fourth-order valence-electron chi connectivity index (χ4n) is 1.88. The zero-order valence-electron chi connectivity index (χ0n) is 9.20. The molecule has 16 heavy (non-hydrogen) atoms. The van der Waals surface area contributed by atoms with E-state index in [9.17, 15) is 0 Å². The van der Waals surface area contributed by atoms with E-state index < -0.39 is 0 Å². The van der Waals surface area contributed by atoms with Crippen LogP contribution in [-0.2, 0) is 0 Å². The Labute approximate surface area is 110 Å². The Morgan fingerprint density at radius 2 is 1.94 bits per heavy atom. The monoisotopic (exact) mass is 320 g/mol. The minimum atomic E-state index is 1.22. The van der Waals surface area contributed by atoms with Crippen LogP contribution in [0.15, 0.2) is 46.6 Å². The summed E-state index contributed by atoms with van der Waals surface area (Å²) < 4.78 is 1.27. The second-order valence-corrected chi connectivity index (χ2v) is 5.43. The van der Waals surface area contributed by atoms with Gasteiger partial charge in [0.2, 0.25) is 0 Å². The first-order valence-electron chi connectivity index (χ1n) is 5.20. The summed E-state index contributed by atoms with van der Waals surface area (Å²) in [5.41, 5.74) is 2.45. The van der Waals surface area contributed by atoms with Gasteiger partial charge in [-0.2, -0.15) is 0 Å². The molecule has 2 aromatic rings. The van der Waals surface area contributed by atoms with Crippen LogP contribution < -0.4 is 0 Å². The molecule has 0 fully saturated rings. The molecule has 0 heterocycles. The Balaban J connectivity index is 2.78. The Morgan fingerprint density at radius 1 is 1.19 bits per heavy atom. The molecule has 1 heteroatoms. The summed E-state index contributed by atoms with van der Waals surface area (Å²) in [5.74, 6) is 0. The van der Waals surface area contributed by atoms with Crippen LogP contribution in [0.25, 0.3) is 22.9 Å². The SMILES string of the molecule is C=Cc1c(/C=C(\C)I)ccc2ccccc12. The van der Waals surface area contributed by atoms with Gasteiger partial charge in [-0.1, -0.05) is 49.1 Å². The van der Waals surface area contributed by atoms with Gasteiger partial charge in [-0.3, -0.25) is 0 Å². The summed E-state index contributed by atoms with van der Waals surface area (Å²) in [6.07, 6.45) is 4.12. The molecule has 0 bridgehead atoms. The van der Waals surface area contributed by atoms with Gasteiger partial charge in [-0.25, -0.2) is 0 Å². The fourth-order valence-corrected chi connectivity index (χ4v) is 2.22. The summed E-state index contributed by atoms with van der Waals surface area (Å²) in [6, 6.07) is 12.7. The third-order valence-electron chi connectivity index (χ3n) is 2.56. The Morgan fingerprint density at radius 3 is 2.62 bits per heavy atom. The minimum Gasteiger partial charge on any atom is -0.0984 e. The summed E-state index contributed by atoms with van der Waals surface area (Å²) in [6.45, 7) is 6.02. The zero-order chi connectivity index (χ0) is 11.5. The topological polar surface area (TPSA) is 0 Å². The van der Waals surface area contributed by atoms with Crippen LogP contribution in [0.4, 0.5) is 0 Å². The van der Waals surface area contributed by atoms with Gasteiger partial charge in [0, 0.05) is 0 Å². The van der Waals surface area contributed by atoms with Gasteiger partial charge in [0.1, 0.15) is 0 Å². The molecular weight excluding hydrogens is 307 g/mol. The standard InChI is InChI=1S/C15H13I/c1-3-14-13(10-11(2)16)9-8-12-6-4-5-7-15(12)14/h3-10H,1H2,2H3/b11-10+. The third-order valence-corrected chi connectivity index (χ3v) is 2.87. The van der Waals surface area contributed by atoms with Gasteiger partial charge < -0.3 is 0 Å². The van der Waals surface area contributed by atoms with E-state index in [2.05, 4.69) is 78.6 Å². The Bertz CT molecular complexity index is 561. The van der Waals surface area contributed by atoms with Crippen molar-refractivity contribution >= 4 is 45.5 Å². The first-order chi connectivity index (χ1) is 7.72. The summed E-state index contributed by atoms with van der Waals surface area (Å²) in [5, 5.41) is 2.53. The van der Waals surface area contributed by atoms with Crippen LogP contribution in [0.2, 0.25) is 0 Å². The number of halogens is 1. The molecular formula is C15H13I. The van der Waals surface area contributed by atoms with Gasteiger partial charge in [0.05, 0.1) is 0 Å². The van der Waals surface area contributed by atoms with Gasteiger partial charge in [0.25, 0.3) is 0 Å². The number of benzene rings is 2. The second-order valence-electron chi connectivity index (χ2n) is 3.72. The van der Waals surface area contributed by atoms with Crippen LogP contribution >= 0.6 is 22.6 Å². The van der Waals surface area contributed by atoms with Crippen molar-refractivity contribution < 1.29 is 0 Å². The molecule has 2 aromatic carbocycles. The van der Waals surface area contributed by atoms with Gasteiger partial charge in [-0.05, 0) is 61.1 Å². The van der Waals surface area contributed by atoms with Crippen molar-refractivity contribution in [1.82, 2.24) is 0 Å². The molecule has 2 rings (SSSR count). The van der Waals surface area contributed by atoms with Crippen LogP contribution in [0.5, 0.6) is 0 Å². The quantitative estimate of drug-likeness (QED) is 0.661. The predicted octanol–water partition coefficient (Wildman–Crippen LogP) is 5.28. The van der Waals surface area contributed by atoms with Crippen molar-refractivity contribution in [2.75, 3.05) is 0 Å². The smallest absolute Gasteiger partial charge is 0.0106 e. The Kier molecular flexibility index (Phi) is 3.44. The van der Waals surface area contributed by atoms with E-state index in [4.69, 9.17) is 0 Å². The van der Waals surface area contributed by atoms with E-state index in [1.54, 1.807) is 0 Å². The van der Waals surface area contributed by atoms with Crippen LogP contribution in [0.1, 0.15) is 18.1 Å². The normalized spacial score (nSPS) is 11.8. The van der Waals surface area contributed by atoms with Crippen molar-refractivity contribution in [2.45, 2.75) is 6.92 Å². The maximum atomic E-state index is 3.92. The molecule has 80 valence electrons. The highest BCUT2D eigenvalue weighted by molar-refractivity contribution is 14.1. The lowest BCUT2D eigenvalue weighted by molar-refractivity contribution is 1.65. The lowest BCUT2D eigenvalue weighted by Crippen LogP contribution is -1.84. The number of fused-ring (bicyclic) bond motifs is 1. The molecule has 0 unspecified atom stereocenters. The molecule has 0 spiro atoms. The number of hydrogen-bond acceptors (Lipinski definition) is 0. The first-order valence-corrected chi connectivity index (χ1v) is 6.28. The summed E-state index contributed by atoms with van der Waals surface area (Å²) in [7, 11) is 0. The molecule has 0 N–H and O–H groups in total. The molecule has 0 saturated carbocycles. The van der Waals surface area contributed by atoms with Gasteiger partial charge >= 0.3 is 0 Å². The maximum Gasteiger partial charge on any atom is -0.0106 e. The number of rotatable bonds is 2. The van der Waals surface area contributed by atoms with E-state index in [1.807, 2.05) is 6.08 Å². The molecule has 0 aliphatic rings. The van der Waals surface area contributed by atoms with Crippen molar-refractivity contribution in [3.63, 3.8) is 0 Å². The lowest BCUT2D eigenvalue weighted by Gasteiger charge is -2.06. The largest absolute Gasteiger partial charge is 0.0984 e. The molecule has 0 atom stereocenters. The van der Waals surface area contributed by atoms with E-state index >= 15 is 0 Å². The fraction of sp³-hybridized carbons (Fsp3) is 0.0667. The highest BCUT2D eigenvalue weighted by Gasteiger charge is 2.02. The molecule has 0 aliphatic carbocycles. The molecule has 0 amide bonds. The maximum absolute atomic E-state index is 3.92. The van der Waals surface area contributed by atoms with E-state index in [-0.39, 0.29) is 0 Å². The van der Waals surface area contributed by atoms with Crippen LogP contribution in [-0.4, -0.2) is 0 Å². The van der Waals surface area contributed by atoms with Gasteiger partial charge in [0.15, 0.2) is 0 Å². The van der Waals surface area contributed by atoms with E-state index in [1.165, 1.54) is 25.5 Å². The second kappa shape index (κ2) is 4.83. The van der Waals surface area contributed by atoms with Crippen molar-refractivity contribution in [3.8, 4) is 0 Å². The van der Waals surface area contributed by atoms with Gasteiger partial charge in [-0.15, -0.1) is 0 Å². The minimum absolute atomic E-state index is 1.22. The van der Waals surface area contributed by atoms with E-state index in [0.717, 1.165) is 0 Å². The van der Waals surface area contributed by atoms with E-state index in [0.29, 0.717) is 0 Å². The summed E-state index contributed by atoms with van der Waals surface area (Å²) >= 11 is 2.33. The van der Waals surface area contributed by atoms with Crippen molar-refractivity contribution in [1.29, 1.82) is 0 Å². The van der Waals surface area contributed by atoms with Crippen molar-refractivity contribution in [3.05, 3.63) is 57.7 Å².